The number of carboxylic acids is 1. The van der Waals surface area contributed by atoms with Crippen LogP contribution in [0.2, 0.25) is 0 Å². The zero-order valence-corrected chi connectivity index (χ0v) is 14.0. The largest absolute Gasteiger partial charge is 0.493 e. The van der Waals surface area contributed by atoms with Crippen LogP contribution in [0.25, 0.3) is 0 Å². The Bertz CT molecular complexity index is 584. The van der Waals surface area contributed by atoms with E-state index in [-0.39, 0.29) is 12.5 Å². The molecule has 1 heterocycles. The number of aliphatic carboxylic acids is 1. The van der Waals surface area contributed by atoms with Crippen molar-refractivity contribution in [3.05, 3.63) is 29.8 Å². The maximum Gasteiger partial charge on any atom is 0.311 e. The molecule has 1 unspecified atom stereocenters. The summed E-state index contributed by atoms with van der Waals surface area (Å²) in [5.41, 5.74) is -0.319. The van der Waals surface area contributed by atoms with Gasteiger partial charge in [-0.2, -0.15) is 0 Å². The molecule has 1 aromatic carbocycles. The highest BCUT2D eigenvalue weighted by Gasteiger charge is 2.39. The normalized spacial score (nSPS) is 21.3. The van der Waals surface area contributed by atoms with E-state index < -0.39 is 11.4 Å². The monoisotopic (exact) mass is 319 g/mol. The Morgan fingerprint density at radius 2 is 2.13 bits per heavy atom. The standard InChI is InChI=1S/C18H25NO4/c1-13(2)11-23-15-7-4-6-14(10-15)16(20)19-9-5-8-18(3,12-19)17(21)22/h4,6-7,10,13H,5,8-9,11-12H2,1-3H3,(H,21,22). The third kappa shape index (κ3) is 4.24. The zero-order chi connectivity index (χ0) is 17.0. The minimum atomic E-state index is -0.861. The van der Waals surface area contributed by atoms with Crippen molar-refractivity contribution >= 4 is 11.9 Å². The fraction of sp³-hybridized carbons (Fsp3) is 0.556. The maximum atomic E-state index is 12.7. The van der Waals surface area contributed by atoms with Gasteiger partial charge in [-0.25, -0.2) is 0 Å². The first-order valence-corrected chi connectivity index (χ1v) is 8.07. The second kappa shape index (κ2) is 7.02. The molecule has 1 amide bonds. The van der Waals surface area contributed by atoms with Crippen LogP contribution in [0.1, 0.15) is 44.0 Å². The molecule has 1 atom stereocenters. The number of hydrogen-bond acceptors (Lipinski definition) is 3. The predicted octanol–water partition coefficient (Wildman–Crippen LogP) is 3.05. The maximum absolute atomic E-state index is 12.7. The lowest BCUT2D eigenvalue weighted by atomic mass is 9.82. The highest BCUT2D eigenvalue weighted by atomic mass is 16.5. The van der Waals surface area contributed by atoms with Crippen molar-refractivity contribution < 1.29 is 19.4 Å². The number of carbonyl (C=O) groups is 2. The molecule has 0 radical (unpaired) electrons. The van der Waals surface area contributed by atoms with Gasteiger partial charge < -0.3 is 14.7 Å². The molecule has 1 saturated heterocycles. The fourth-order valence-electron chi connectivity index (χ4n) is 2.75. The summed E-state index contributed by atoms with van der Waals surface area (Å²) in [6.07, 6.45) is 1.31. The summed E-state index contributed by atoms with van der Waals surface area (Å²) in [5, 5.41) is 9.38. The van der Waals surface area contributed by atoms with Gasteiger partial charge in [0, 0.05) is 18.7 Å². The van der Waals surface area contributed by atoms with E-state index in [1.54, 1.807) is 30.0 Å². The van der Waals surface area contributed by atoms with Gasteiger partial charge in [0.25, 0.3) is 5.91 Å². The van der Waals surface area contributed by atoms with E-state index in [1.807, 2.05) is 6.07 Å². The number of benzene rings is 1. The lowest BCUT2D eigenvalue weighted by Gasteiger charge is -2.37. The van der Waals surface area contributed by atoms with Crippen LogP contribution in [0, 0.1) is 11.3 Å². The van der Waals surface area contributed by atoms with Crippen LogP contribution in [-0.4, -0.2) is 41.6 Å². The van der Waals surface area contributed by atoms with Crippen LogP contribution in [0.4, 0.5) is 0 Å². The third-order valence-electron chi connectivity index (χ3n) is 4.16. The average molecular weight is 319 g/mol. The van der Waals surface area contributed by atoms with E-state index in [0.29, 0.717) is 43.2 Å². The molecule has 0 spiro atoms. The van der Waals surface area contributed by atoms with Gasteiger partial charge in [-0.1, -0.05) is 19.9 Å². The second-order valence-electron chi connectivity index (χ2n) is 6.93. The molecule has 0 aliphatic carbocycles. The van der Waals surface area contributed by atoms with Crippen LogP contribution in [-0.2, 0) is 4.79 Å². The molecular weight excluding hydrogens is 294 g/mol. The SMILES string of the molecule is CC(C)COc1cccc(C(=O)N2CCCC(C)(C(=O)O)C2)c1. The molecule has 5 nitrogen and oxygen atoms in total. The first-order chi connectivity index (χ1) is 10.8. The van der Waals surface area contributed by atoms with Gasteiger partial charge in [-0.15, -0.1) is 0 Å². The lowest BCUT2D eigenvalue weighted by Crippen LogP contribution is -2.48. The van der Waals surface area contributed by atoms with E-state index in [2.05, 4.69) is 13.8 Å². The molecule has 126 valence electrons. The Kier molecular flexibility index (Phi) is 5.29. The molecule has 2 rings (SSSR count). The van der Waals surface area contributed by atoms with Crippen molar-refractivity contribution in [2.45, 2.75) is 33.6 Å². The minimum Gasteiger partial charge on any atom is -0.493 e. The summed E-state index contributed by atoms with van der Waals surface area (Å²) in [4.78, 5) is 25.7. The lowest BCUT2D eigenvalue weighted by molar-refractivity contribution is -0.150. The van der Waals surface area contributed by atoms with Crippen molar-refractivity contribution in [1.29, 1.82) is 0 Å². The van der Waals surface area contributed by atoms with Gasteiger partial charge in [-0.05, 0) is 43.9 Å². The van der Waals surface area contributed by atoms with Gasteiger partial charge >= 0.3 is 5.97 Å². The number of likely N-dealkylation sites (tertiary alicyclic amines) is 1. The molecule has 1 aliphatic heterocycles. The summed E-state index contributed by atoms with van der Waals surface area (Å²) in [6.45, 7) is 7.28. The van der Waals surface area contributed by atoms with Crippen LogP contribution < -0.4 is 4.74 Å². The summed E-state index contributed by atoms with van der Waals surface area (Å²) in [5.74, 6) is 0.103. The van der Waals surface area contributed by atoms with Gasteiger partial charge in [0.15, 0.2) is 0 Å². The van der Waals surface area contributed by atoms with E-state index in [4.69, 9.17) is 4.74 Å². The van der Waals surface area contributed by atoms with E-state index >= 15 is 0 Å². The molecule has 1 N–H and O–H groups in total. The van der Waals surface area contributed by atoms with Gasteiger partial charge in [0.1, 0.15) is 5.75 Å². The summed E-state index contributed by atoms with van der Waals surface area (Å²) in [7, 11) is 0. The third-order valence-corrected chi connectivity index (χ3v) is 4.16. The van der Waals surface area contributed by atoms with Gasteiger partial charge in [-0.3, -0.25) is 9.59 Å². The summed E-state index contributed by atoms with van der Waals surface area (Å²) < 4.78 is 5.66. The highest BCUT2D eigenvalue weighted by molar-refractivity contribution is 5.95. The summed E-state index contributed by atoms with van der Waals surface area (Å²) in [6, 6.07) is 7.11. The first-order valence-electron chi connectivity index (χ1n) is 8.07. The predicted molar refractivity (Wildman–Crippen MR) is 87.7 cm³/mol. The number of carboxylic acid groups (broad SMARTS) is 1. The van der Waals surface area contributed by atoms with Crippen molar-refractivity contribution in [3.63, 3.8) is 0 Å². The minimum absolute atomic E-state index is 0.132. The van der Waals surface area contributed by atoms with Crippen LogP contribution >= 0.6 is 0 Å². The molecule has 23 heavy (non-hydrogen) atoms. The van der Waals surface area contributed by atoms with Crippen molar-refractivity contribution in [3.8, 4) is 5.75 Å². The number of amides is 1. The Morgan fingerprint density at radius 3 is 2.78 bits per heavy atom. The van der Waals surface area contributed by atoms with Crippen molar-refractivity contribution in [2.75, 3.05) is 19.7 Å². The summed E-state index contributed by atoms with van der Waals surface area (Å²) >= 11 is 0. The van der Waals surface area contributed by atoms with Gasteiger partial charge in [0.2, 0.25) is 0 Å². The molecular formula is C18H25NO4. The quantitative estimate of drug-likeness (QED) is 0.906. The molecule has 0 aromatic heterocycles. The molecule has 5 heteroatoms. The molecule has 1 aromatic rings. The van der Waals surface area contributed by atoms with Crippen molar-refractivity contribution in [1.82, 2.24) is 4.90 Å². The average Bonchev–Trinajstić information content (AvgIpc) is 2.52. The topological polar surface area (TPSA) is 66.8 Å². The molecule has 0 saturated carbocycles. The number of carbonyl (C=O) groups excluding carboxylic acids is 1. The number of ether oxygens (including phenoxy) is 1. The van der Waals surface area contributed by atoms with E-state index in [0.717, 1.165) is 0 Å². The number of piperidine rings is 1. The van der Waals surface area contributed by atoms with Crippen LogP contribution in [0.15, 0.2) is 24.3 Å². The molecule has 0 bridgehead atoms. The smallest absolute Gasteiger partial charge is 0.311 e. The Labute approximate surface area is 137 Å². The van der Waals surface area contributed by atoms with Crippen LogP contribution in [0.5, 0.6) is 5.75 Å². The van der Waals surface area contributed by atoms with E-state index in [1.165, 1.54) is 0 Å². The van der Waals surface area contributed by atoms with E-state index in [9.17, 15) is 14.7 Å². The molecule has 1 fully saturated rings. The Morgan fingerprint density at radius 1 is 1.39 bits per heavy atom. The second-order valence-corrected chi connectivity index (χ2v) is 6.93. The zero-order valence-electron chi connectivity index (χ0n) is 14.0. The fourth-order valence-corrected chi connectivity index (χ4v) is 2.75. The Balaban J connectivity index is 2.10. The molecule has 1 aliphatic rings. The number of hydrogen-bond donors (Lipinski definition) is 1. The number of rotatable bonds is 5. The van der Waals surface area contributed by atoms with Crippen molar-refractivity contribution in [2.24, 2.45) is 11.3 Å². The highest BCUT2D eigenvalue weighted by Crippen LogP contribution is 2.30. The van der Waals surface area contributed by atoms with Crippen LogP contribution in [0.3, 0.4) is 0 Å². The van der Waals surface area contributed by atoms with Gasteiger partial charge in [0.05, 0.1) is 12.0 Å². The Hall–Kier alpha value is -2.04. The number of nitrogens with zero attached hydrogens (tertiary/aromatic N) is 1. The first kappa shape index (κ1) is 17.3.